The largest absolute Gasteiger partial charge is 0.292 e. The average molecular weight is 340 g/mol. The molecule has 0 amide bonds. The number of hydrogen-bond donors (Lipinski definition) is 2. The quantitative estimate of drug-likeness (QED) is 0.364. The van der Waals surface area contributed by atoms with Crippen molar-refractivity contribution < 1.29 is 0 Å². The molecule has 3 aromatic rings. The van der Waals surface area contributed by atoms with Crippen molar-refractivity contribution in [1.29, 1.82) is 0 Å². The molecule has 4 rings (SSSR count). The number of rotatable bonds is 0. The van der Waals surface area contributed by atoms with Gasteiger partial charge in [-0.3, -0.25) is 16.3 Å². The second-order valence-corrected chi connectivity index (χ2v) is 5.52. The molecule has 0 saturated carbocycles. The van der Waals surface area contributed by atoms with E-state index < -0.39 is 0 Å². The molecule has 124 valence electrons. The van der Waals surface area contributed by atoms with Crippen LogP contribution in [0.4, 0.5) is 0 Å². The highest BCUT2D eigenvalue weighted by molar-refractivity contribution is 6.17. The van der Waals surface area contributed by atoms with Crippen LogP contribution in [0.15, 0.2) is 59.6 Å². The number of nitrogens with two attached hydrogens (primary N) is 1. The van der Waals surface area contributed by atoms with Crippen LogP contribution in [0.25, 0.3) is 27.6 Å². The first-order chi connectivity index (χ1) is 11.3. The van der Waals surface area contributed by atoms with Gasteiger partial charge < -0.3 is 0 Å². The second kappa shape index (κ2) is 8.06. The highest BCUT2D eigenvalue weighted by Gasteiger charge is 2.14. The van der Waals surface area contributed by atoms with E-state index in [2.05, 4.69) is 76.9 Å². The Hall–Kier alpha value is -2.20. The highest BCUT2D eigenvalue weighted by Crippen LogP contribution is 2.31. The van der Waals surface area contributed by atoms with Crippen molar-refractivity contribution in [3.63, 3.8) is 0 Å². The predicted octanol–water partition coefficient (Wildman–Crippen LogP) is 4.33. The van der Waals surface area contributed by atoms with E-state index in [0.717, 1.165) is 6.42 Å². The van der Waals surface area contributed by atoms with E-state index in [1.165, 1.54) is 38.4 Å². The van der Waals surface area contributed by atoms with E-state index in [0.29, 0.717) is 0 Å². The summed E-state index contributed by atoms with van der Waals surface area (Å²) < 4.78 is 0. The van der Waals surface area contributed by atoms with Crippen LogP contribution in [0, 0.1) is 0 Å². The van der Waals surface area contributed by atoms with Gasteiger partial charge in [0.05, 0.1) is 0 Å². The fourth-order valence-corrected chi connectivity index (χ4v) is 3.09. The molecule has 0 aliphatic heterocycles. The summed E-state index contributed by atoms with van der Waals surface area (Å²) in [6.45, 7) is 0. The predicted molar refractivity (Wildman–Crippen MR) is 108 cm³/mol. The SMILES string of the molecule is CN=C1CC=Cc2ccc3cc4ccccc4cc3c21.CNN.Cl. The third-order valence-corrected chi connectivity index (χ3v) is 4.09. The molecule has 0 aromatic heterocycles. The Kier molecular flexibility index (Phi) is 6.10. The summed E-state index contributed by atoms with van der Waals surface area (Å²) >= 11 is 0. The topological polar surface area (TPSA) is 50.4 Å². The first-order valence-corrected chi connectivity index (χ1v) is 7.74. The van der Waals surface area contributed by atoms with Crippen LogP contribution in [-0.2, 0) is 0 Å². The van der Waals surface area contributed by atoms with Crippen LogP contribution in [0.2, 0.25) is 0 Å². The molecule has 3 aromatic carbocycles. The molecule has 0 radical (unpaired) electrons. The lowest BCUT2D eigenvalue weighted by Gasteiger charge is -2.16. The van der Waals surface area contributed by atoms with Crippen molar-refractivity contribution in [3.05, 3.63) is 65.7 Å². The molecule has 24 heavy (non-hydrogen) atoms. The van der Waals surface area contributed by atoms with Gasteiger partial charge in [-0.2, -0.15) is 0 Å². The molecule has 3 nitrogen and oxygen atoms in total. The Morgan fingerprint density at radius 1 is 1.00 bits per heavy atom. The maximum absolute atomic E-state index is 4.60. The van der Waals surface area contributed by atoms with E-state index in [-0.39, 0.29) is 12.4 Å². The highest BCUT2D eigenvalue weighted by atomic mass is 35.5. The maximum Gasteiger partial charge on any atom is 0.0467 e. The zero-order chi connectivity index (χ0) is 16.2. The maximum atomic E-state index is 4.60. The molecule has 0 heterocycles. The van der Waals surface area contributed by atoms with Gasteiger partial charge in [0.25, 0.3) is 0 Å². The number of hydrogen-bond acceptors (Lipinski definition) is 3. The first kappa shape index (κ1) is 18.1. The molecule has 0 unspecified atom stereocenters. The Bertz CT molecular complexity index is 913. The number of halogens is 1. The van der Waals surface area contributed by atoms with Crippen LogP contribution in [0.5, 0.6) is 0 Å². The minimum Gasteiger partial charge on any atom is -0.292 e. The molecule has 0 fully saturated rings. The molecule has 4 heteroatoms. The van der Waals surface area contributed by atoms with Gasteiger partial charge in [0.15, 0.2) is 0 Å². The third-order valence-electron chi connectivity index (χ3n) is 4.09. The number of nitrogens with one attached hydrogen (secondary N) is 1. The van der Waals surface area contributed by atoms with Crippen LogP contribution in [0.3, 0.4) is 0 Å². The van der Waals surface area contributed by atoms with Crippen LogP contribution < -0.4 is 11.3 Å². The van der Waals surface area contributed by atoms with Gasteiger partial charge in [0.1, 0.15) is 0 Å². The summed E-state index contributed by atoms with van der Waals surface area (Å²) in [5, 5.41) is 5.18. The van der Waals surface area contributed by atoms with E-state index in [1.54, 1.807) is 7.05 Å². The Labute approximate surface area is 148 Å². The van der Waals surface area contributed by atoms with Gasteiger partial charge in [-0.25, -0.2) is 0 Å². The van der Waals surface area contributed by atoms with Gasteiger partial charge >= 0.3 is 0 Å². The average Bonchev–Trinajstić information content (AvgIpc) is 2.60. The monoisotopic (exact) mass is 339 g/mol. The van der Waals surface area contributed by atoms with E-state index in [4.69, 9.17) is 0 Å². The minimum atomic E-state index is 0. The van der Waals surface area contributed by atoms with Gasteiger partial charge in [-0.05, 0) is 46.3 Å². The molecular weight excluding hydrogens is 318 g/mol. The van der Waals surface area contributed by atoms with Crippen molar-refractivity contribution in [2.24, 2.45) is 10.8 Å². The molecule has 3 N–H and O–H groups in total. The molecular formula is C20H22ClN3. The molecule has 1 aliphatic rings. The summed E-state index contributed by atoms with van der Waals surface area (Å²) in [5.41, 5.74) is 6.02. The lowest BCUT2D eigenvalue weighted by atomic mass is 9.89. The third kappa shape index (κ3) is 3.34. The summed E-state index contributed by atoms with van der Waals surface area (Å²) in [7, 11) is 3.54. The minimum absolute atomic E-state index is 0. The van der Waals surface area contributed by atoms with Crippen molar-refractivity contribution >= 4 is 45.7 Å². The van der Waals surface area contributed by atoms with E-state index in [9.17, 15) is 0 Å². The van der Waals surface area contributed by atoms with E-state index >= 15 is 0 Å². The molecule has 1 aliphatic carbocycles. The summed E-state index contributed by atoms with van der Waals surface area (Å²) in [6, 6.07) is 17.5. The molecule has 0 spiro atoms. The van der Waals surface area contributed by atoms with Crippen LogP contribution >= 0.6 is 12.4 Å². The first-order valence-electron chi connectivity index (χ1n) is 7.74. The number of hydrazine groups is 1. The van der Waals surface area contributed by atoms with Crippen LogP contribution in [-0.4, -0.2) is 19.8 Å². The lowest BCUT2D eigenvalue weighted by Crippen LogP contribution is -2.13. The normalized spacial score (nSPS) is 14.0. The zero-order valence-electron chi connectivity index (χ0n) is 13.9. The molecule has 0 bridgehead atoms. The van der Waals surface area contributed by atoms with Gasteiger partial charge in [0.2, 0.25) is 0 Å². The number of benzene rings is 3. The lowest BCUT2D eigenvalue weighted by molar-refractivity contribution is 0.900. The summed E-state index contributed by atoms with van der Waals surface area (Å²) in [6.07, 6.45) is 5.33. The van der Waals surface area contributed by atoms with Crippen LogP contribution in [0.1, 0.15) is 17.5 Å². The van der Waals surface area contributed by atoms with Gasteiger partial charge in [-0.1, -0.05) is 48.6 Å². The second-order valence-electron chi connectivity index (χ2n) is 5.52. The number of allylic oxidation sites excluding steroid dienone is 1. The smallest absolute Gasteiger partial charge is 0.0467 e. The fourth-order valence-electron chi connectivity index (χ4n) is 3.09. The Morgan fingerprint density at radius 2 is 1.67 bits per heavy atom. The summed E-state index contributed by atoms with van der Waals surface area (Å²) in [5.74, 6) is 4.60. The van der Waals surface area contributed by atoms with Gasteiger partial charge in [0, 0.05) is 24.7 Å². The molecule has 0 atom stereocenters. The number of nitrogens with zero attached hydrogens (tertiary/aromatic N) is 1. The molecule has 0 saturated heterocycles. The summed E-state index contributed by atoms with van der Waals surface area (Å²) in [4.78, 5) is 4.48. The van der Waals surface area contributed by atoms with E-state index in [1.807, 2.05) is 7.05 Å². The number of aliphatic imine (C=N–C) groups is 1. The van der Waals surface area contributed by atoms with Crippen molar-refractivity contribution in [1.82, 2.24) is 5.43 Å². The Morgan fingerprint density at radius 3 is 2.33 bits per heavy atom. The van der Waals surface area contributed by atoms with Crippen molar-refractivity contribution in [3.8, 4) is 0 Å². The fraction of sp³-hybridized carbons (Fsp3) is 0.150. The van der Waals surface area contributed by atoms with Gasteiger partial charge in [-0.15, -0.1) is 12.4 Å². The zero-order valence-corrected chi connectivity index (χ0v) is 14.7. The number of fused-ring (bicyclic) bond motifs is 4. The Balaban J connectivity index is 0.000000487. The van der Waals surface area contributed by atoms with Crippen molar-refractivity contribution in [2.45, 2.75) is 6.42 Å². The standard InChI is InChI=1S/C19H15N.CH6N2.ClH/c1-20-18-8-4-7-13-9-10-16-11-14-5-2-3-6-15(14)12-17(16)19(13)18;1-3-2;/h2-7,9-12H,8H2,1H3;3H,2H2,1H3;1H. The van der Waals surface area contributed by atoms with Crippen molar-refractivity contribution in [2.75, 3.05) is 14.1 Å².